The largest absolute Gasteiger partial charge is 0.496 e. The van der Waals surface area contributed by atoms with Crippen molar-refractivity contribution in [3.63, 3.8) is 0 Å². The lowest BCUT2D eigenvalue weighted by molar-refractivity contribution is 0.0927. The number of hydrogen-bond acceptors (Lipinski definition) is 4. The lowest BCUT2D eigenvalue weighted by atomic mass is 10.1. The van der Waals surface area contributed by atoms with Crippen molar-refractivity contribution in [3.8, 4) is 5.75 Å². The van der Waals surface area contributed by atoms with E-state index in [1.165, 1.54) is 7.11 Å². The van der Waals surface area contributed by atoms with Gasteiger partial charge in [0.05, 0.1) is 25.3 Å². The Hall–Kier alpha value is -1.75. The van der Waals surface area contributed by atoms with Gasteiger partial charge >= 0.3 is 0 Å². The molecule has 0 spiro atoms. The van der Waals surface area contributed by atoms with Crippen LogP contribution in [0.25, 0.3) is 0 Å². The lowest BCUT2D eigenvalue weighted by Crippen LogP contribution is -2.35. The van der Waals surface area contributed by atoms with Crippen LogP contribution in [0.5, 0.6) is 5.75 Å². The van der Waals surface area contributed by atoms with E-state index >= 15 is 0 Å². The molecule has 92 valence electrons. The number of hydrogen-bond donors (Lipinski definition) is 2. The van der Waals surface area contributed by atoms with Crippen LogP contribution in [0.15, 0.2) is 18.2 Å². The van der Waals surface area contributed by atoms with E-state index in [1.807, 2.05) is 0 Å². The Kier molecular flexibility index (Phi) is 3.49. The number of benzene rings is 1. The van der Waals surface area contributed by atoms with Crippen LogP contribution in [0, 0.1) is 0 Å². The summed E-state index contributed by atoms with van der Waals surface area (Å²) in [6.07, 6.45) is 0.844. The second-order valence-electron chi connectivity index (χ2n) is 3.99. The molecule has 1 aliphatic heterocycles. The van der Waals surface area contributed by atoms with Crippen molar-refractivity contribution in [2.45, 2.75) is 12.5 Å². The first kappa shape index (κ1) is 11.7. The van der Waals surface area contributed by atoms with Gasteiger partial charge in [0.25, 0.3) is 5.91 Å². The Bertz CT molecular complexity index is 414. The Morgan fingerprint density at radius 1 is 1.59 bits per heavy atom. The molecule has 1 aromatic rings. The number of nitrogens with one attached hydrogen (secondary N) is 1. The summed E-state index contributed by atoms with van der Waals surface area (Å²) in [5, 5.41) is 2.90. The summed E-state index contributed by atoms with van der Waals surface area (Å²) < 4.78 is 10.3. The van der Waals surface area contributed by atoms with Gasteiger partial charge in [-0.1, -0.05) is 0 Å². The minimum absolute atomic E-state index is 0.0774. The predicted molar refractivity (Wildman–Crippen MR) is 64.1 cm³/mol. The molecule has 1 heterocycles. The van der Waals surface area contributed by atoms with Crippen LogP contribution in [0.3, 0.4) is 0 Å². The number of methoxy groups -OCH3 is 1. The van der Waals surface area contributed by atoms with Crippen molar-refractivity contribution in [2.24, 2.45) is 0 Å². The average Bonchev–Trinajstić information content (AvgIpc) is 2.81. The molecule has 0 radical (unpaired) electrons. The molecular formula is C12H16N2O3. The van der Waals surface area contributed by atoms with E-state index in [0.29, 0.717) is 30.2 Å². The van der Waals surface area contributed by atoms with Crippen LogP contribution >= 0.6 is 0 Å². The van der Waals surface area contributed by atoms with E-state index in [-0.39, 0.29) is 11.9 Å². The van der Waals surface area contributed by atoms with Crippen molar-refractivity contribution in [2.75, 3.05) is 26.1 Å². The van der Waals surface area contributed by atoms with Crippen molar-refractivity contribution in [3.05, 3.63) is 23.8 Å². The highest BCUT2D eigenvalue weighted by atomic mass is 16.5. The van der Waals surface area contributed by atoms with Crippen molar-refractivity contribution in [1.29, 1.82) is 0 Å². The van der Waals surface area contributed by atoms with Gasteiger partial charge in [0, 0.05) is 12.3 Å². The van der Waals surface area contributed by atoms with Crippen molar-refractivity contribution < 1.29 is 14.3 Å². The van der Waals surface area contributed by atoms with Crippen LogP contribution in [0.1, 0.15) is 16.8 Å². The maximum Gasteiger partial charge on any atom is 0.255 e. The number of carbonyl (C=O) groups is 1. The zero-order chi connectivity index (χ0) is 12.3. The highest BCUT2D eigenvalue weighted by Gasteiger charge is 2.20. The number of rotatable bonds is 3. The van der Waals surface area contributed by atoms with E-state index in [4.69, 9.17) is 15.2 Å². The van der Waals surface area contributed by atoms with E-state index < -0.39 is 0 Å². The molecule has 0 saturated carbocycles. The smallest absolute Gasteiger partial charge is 0.255 e. The van der Waals surface area contributed by atoms with Gasteiger partial charge in [-0.15, -0.1) is 0 Å². The predicted octanol–water partition coefficient (Wildman–Crippen LogP) is 0.796. The van der Waals surface area contributed by atoms with E-state index in [1.54, 1.807) is 18.2 Å². The fourth-order valence-electron chi connectivity index (χ4n) is 1.81. The Morgan fingerprint density at radius 3 is 3.06 bits per heavy atom. The second-order valence-corrected chi connectivity index (χ2v) is 3.99. The molecule has 0 bridgehead atoms. The zero-order valence-electron chi connectivity index (χ0n) is 9.73. The summed E-state index contributed by atoms with van der Waals surface area (Å²) in [6.45, 7) is 1.26. The molecule has 3 N–H and O–H groups in total. The summed E-state index contributed by atoms with van der Waals surface area (Å²) in [4.78, 5) is 12.0. The Balaban J connectivity index is 2.14. The average molecular weight is 236 g/mol. The van der Waals surface area contributed by atoms with Gasteiger partial charge in [-0.3, -0.25) is 4.79 Å². The SMILES string of the molecule is COc1ccc(N)cc1C(=O)NC1CCOC1. The first-order valence-corrected chi connectivity index (χ1v) is 5.53. The standard InChI is InChI=1S/C12H16N2O3/c1-16-11-3-2-8(13)6-10(11)12(15)14-9-4-5-17-7-9/h2-3,6,9H,4-5,7,13H2,1H3,(H,14,15). The van der Waals surface area contributed by atoms with Gasteiger partial charge in [-0.05, 0) is 24.6 Å². The minimum atomic E-state index is -0.176. The van der Waals surface area contributed by atoms with Crippen LogP contribution in [-0.4, -0.2) is 32.3 Å². The maximum atomic E-state index is 12.0. The van der Waals surface area contributed by atoms with E-state index in [2.05, 4.69) is 5.32 Å². The van der Waals surface area contributed by atoms with Gasteiger partial charge in [0.2, 0.25) is 0 Å². The molecule has 1 unspecified atom stereocenters. The number of carbonyl (C=O) groups excluding carboxylic acids is 1. The van der Waals surface area contributed by atoms with Crippen LogP contribution in [-0.2, 0) is 4.74 Å². The molecule has 1 amide bonds. The monoisotopic (exact) mass is 236 g/mol. The van der Waals surface area contributed by atoms with Gasteiger partial charge < -0.3 is 20.5 Å². The molecule has 1 fully saturated rings. The third-order valence-electron chi connectivity index (χ3n) is 2.73. The van der Waals surface area contributed by atoms with Gasteiger partial charge in [-0.25, -0.2) is 0 Å². The highest BCUT2D eigenvalue weighted by Crippen LogP contribution is 2.21. The molecular weight excluding hydrogens is 220 g/mol. The molecule has 1 saturated heterocycles. The minimum Gasteiger partial charge on any atom is -0.496 e. The number of ether oxygens (including phenoxy) is 2. The molecule has 17 heavy (non-hydrogen) atoms. The molecule has 1 aromatic carbocycles. The number of nitrogen functional groups attached to an aromatic ring is 1. The van der Waals surface area contributed by atoms with Crippen molar-refractivity contribution in [1.82, 2.24) is 5.32 Å². The summed E-state index contributed by atoms with van der Waals surface area (Å²) in [5.41, 5.74) is 6.67. The second kappa shape index (κ2) is 5.05. The molecule has 5 nitrogen and oxygen atoms in total. The zero-order valence-corrected chi connectivity index (χ0v) is 9.73. The fourth-order valence-corrected chi connectivity index (χ4v) is 1.81. The molecule has 1 aliphatic rings. The normalized spacial score (nSPS) is 19.0. The van der Waals surface area contributed by atoms with Crippen LogP contribution in [0.2, 0.25) is 0 Å². The van der Waals surface area contributed by atoms with Crippen molar-refractivity contribution >= 4 is 11.6 Å². The summed E-state index contributed by atoms with van der Waals surface area (Å²) >= 11 is 0. The molecule has 1 atom stereocenters. The number of amides is 1. The molecule has 0 aromatic heterocycles. The quantitative estimate of drug-likeness (QED) is 0.761. The number of nitrogens with two attached hydrogens (primary N) is 1. The molecule has 2 rings (SSSR count). The Labute approximate surface area is 99.9 Å². The highest BCUT2D eigenvalue weighted by molar-refractivity contribution is 5.98. The van der Waals surface area contributed by atoms with Gasteiger partial charge in [0.15, 0.2) is 0 Å². The van der Waals surface area contributed by atoms with Crippen LogP contribution < -0.4 is 15.8 Å². The topological polar surface area (TPSA) is 73.6 Å². The summed E-state index contributed by atoms with van der Waals surface area (Å²) in [6, 6.07) is 5.09. The lowest BCUT2D eigenvalue weighted by Gasteiger charge is -2.13. The fraction of sp³-hybridized carbons (Fsp3) is 0.417. The molecule has 0 aliphatic carbocycles. The Morgan fingerprint density at radius 2 is 2.41 bits per heavy atom. The molecule has 5 heteroatoms. The summed E-state index contributed by atoms with van der Waals surface area (Å²) in [7, 11) is 1.53. The van der Waals surface area contributed by atoms with Crippen LogP contribution in [0.4, 0.5) is 5.69 Å². The first-order chi connectivity index (χ1) is 8.20. The summed E-state index contributed by atoms with van der Waals surface area (Å²) in [5.74, 6) is 0.347. The number of anilines is 1. The van der Waals surface area contributed by atoms with E-state index in [9.17, 15) is 4.79 Å². The third kappa shape index (κ3) is 2.68. The van der Waals surface area contributed by atoms with Gasteiger partial charge in [0.1, 0.15) is 5.75 Å². The van der Waals surface area contributed by atoms with E-state index in [0.717, 1.165) is 6.42 Å². The first-order valence-electron chi connectivity index (χ1n) is 5.53. The maximum absolute atomic E-state index is 12.0. The van der Waals surface area contributed by atoms with Gasteiger partial charge in [-0.2, -0.15) is 0 Å². The third-order valence-corrected chi connectivity index (χ3v) is 2.73.